The van der Waals surface area contributed by atoms with E-state index in [4.69, 9.17) is 5.11 Å². The predicted octanol–water partition coefficient (Wildman–Crippen LogP) is 0.304. The fourth-order valence-electron chi connectivity index (χ4n) is 2.15. The number of carboxylic acids is 1. The first-order valence-electron chi connectivity index (χ1n) is 6.16. The lowest BCUT2D eigenvalue weighted by atomic mass is 10.1. The van der Waals surface area contributed by atoms with Crippen LogP contribution in [0.15, 0.2) is 0 Å². The third kappa shape index (κ3) is 5.28. The quantitative estimate of drug-likeness (QED) is 0.751. The van der Waals surface area contributed by atoms with Crippen molar-refractivity contribution in [3.63, 3.8) is 0 Å². The first kappa shape index (κ1) is 14.1. The monoisotopic (exact) mass is 242 g/mol. The van der Waals surface area contributed by atoms with Crippen LogP contribution in [0.25, 0.3) is 0 Å². The highest BCUT2D eigenvalue weighted by Gasteiger charge is 2.19. The molecule has 0 amide bonds. The van der Waals surface area contributed by atoms with Gasteiger partial charge in [0.05, 0.1) is 12.5 Å². The van der Waals surface area contributed by atoms with E-state index < -0.39 is 5.97 Å². The molecule has 1 rings (SSSR count). The van der Waals surface area contributed by atoms with Crippen LogP contribution in [-0.4, -0.2) is 65.9 Å². The van der Waals surface area contributed by atoms with Gasteiger partial charge in [-0.05, 0) is 26.4 Å². The van der Waals surface area contributed by atoms with Gasteiger partial charge >= 0.3 is 5.97 Å². The van der Waals surface area contributed by atoms with Crippen LogP contribution in [0.1, 0.15) is 20.3 Å². The molecule has 0 aromatic rings. The second kappa shape index (κ2) is 6.71. The van der Waals surface area contributed by atoms with Crippen LogP contribution >= 0.6 is 0 Å². The number of aliphatic carboxylic acids is 1. The molecule has 0 bridgehead atoms. The maximum Gasteiger partial charge on any atom is 0.307 e. The summed E-state index contributed by atoms with van der Waals surface area (Å²) in [4.78, 5) is 26.2. The standard InChI is InChI=1S/C12H22N2O3/c1-10(12(16)17)8-13-4-3-5-14(7-6-13)9-11(2)15/h10H,3-9H2,1-2H3,(H,16,17). The minimum Gasteiger partial charge on any atom is -0.481 e. The predicted molar refractivity (Wildman–Crippen MR) is 65.0 cm³/mol. The van der Waals surface area contributed by atoms with Gasteiger partial charge in [0.1, 0.15) is 5.78 Å². The van der Waals surface area contributed by atoms with Gasteiger partial charge in [-0.2, -0.15) is 0 Å². The van der Waals surface area contributed by atoms with Crippen molar-refractivity contribution in [2.45, 2.75) is 20.3 Å². The molecule has 1 heterocycles. The minimum atomic E-state index is -0.741. The van der Waals surface area contributed by atoms with E-state index in [1.54, 1.807) is 13.8 Å². The SMILES string of the molecule is CC(=O)CN1CCCN(CC(C)C(=O)O)CC1. The van der Waals surface area contributed by atoms with Crippen LogP contribution in [-0.2, 0) is 9.59 Å². The van der Waals surface area contributed by atoms with Gasteiger partial charge in [0.15, 0.2) is 0 Å². The zero-order chi connectivity index (χ0) is 12.8. The number of hydrogen-bond acceptors (Lipinski definition) is 4. The van der Waals surface area contributed by atoms with E-state index in [9.17, 15) is 9.59 Å². The highest BCUT2D eigenvalue weighted by Crippen LogP contribution is 2.06. The van der Waals surface area contributed by atoms with Crippen LogP contribution in [0.4, 0.5) is 0 Å². The van der Waals surface area contributed by atoms with Gasteiger partial charge in [-0.25, -0.2) is 0 Å². The summed E-state index contributed by atoms with van der Waals surface area (Å²) in [6.45, 7) is 8.02. The number of carbonyl (C=O) groups is 2. The van der Waals surface area contributed by atoms with Crippen molar-refractivity contribution in [2.75, 3.05) is 39.3 Å². The molecule has 0 aliphatic carbocycles. The zero-order valence-corrected chi connectivity index (χ0v) is 10.7. The average Bonchev–Trinajstić information content (AvgIpc) is 2.43. The third-order valence-electron chi connectivity index (χ3n) is 3.08. The van der Waals surface area contributed by atoms with Crippen LogP contribution in [0, 0.1) is 5.92 Å². The highest BCUT2D eigenvalue weighted by molar-refractivity contribution is 5.77. The van der Waals surface area contributed by atoms with Crippen molar-refractivity contribution in [1.29, 1.82) is 0 Å². The summed E-state index contributed by atoms with van der Waals surface area (Å²) >= 11 is 0. The lowest BCUT2D eigenvalue weighted by molar-refractivity contribution is -0.141. The molecule has 1 aliphatic heterocycles. The summed E-state index contributed by atoms with van der Waals surface area (Å²) < 4.78 is 0. The first-order chi connectivity index (χ1) is 7.99. The molecule has 17 heavy (non-hydrogen) atoms. The fourth-order valence-corrected chi connectivity index (χ4v) is 2.15. The average molecular weight is 242 g/mol. The second-order valence-electron chi connectivity index (χ2n) is 4.87. The van der Waals surface area contributed by atoms with Gasteiger partial charge in [-0.15, -0.1) is 0 Å². The van der Waals surface area contributed by atoms with Crippen LogP contribution in [0.3, 0.4) is 0 Å². The minimum absolute atomic E-state index is 0.192. The number of carbonyl (C=O) groups excluding carboxylic acids is 1. The number of ketones is 1. The molecule has 5 nitrogen and oxygen atoms in total. The van der Waals surface area contributed by atoms with Crippen molar-refractivity contribution in [3.05, 3.63) is 0 Å². The van der Waals surface area contributed by atoms with Gasteiger partial charge in [0.2, 0.25) is 0 Å². The molecule has 0 saturated carbocycles. The molecule has 0 aromatic carbocycles. The summed E-state index contributed by atoms with van der Waals surface area (Å²) in [6.07, 6.45) is 1.000. The fraction of sp³-hybridized carbons (Fsp3) is 0.833. The Labute approximate surface area is 102 Å². The first-order valence-corrected chi connectivity index (χ1v) is 6.16. The summed E-state index contributed by atoms with van der Waals surface area (Å²) in [5.41, 5.74) is 0. The summed E-state index contributed by atoms with van der Waals surface area (Å²) in [6, 6.07) is 0. The Kier molecular flexibility index (Phi) is 5.58. The number of nitrogens with zero attached hydrogens (tertiary/aromatic N) is 2. The summed E-state index contributed by atoms with van der Waals surface area (Å²) in [7, 11) is 0. The van der Waals surface area contributed by atoms with E-state index in [2.05, 4.69) is 9.80 Å². The Morgan fingerprint density at radius 1 is 1.18 bits per heavy atom. The Morgan fingerprint density at radius 2 is 1.76 bits per heavy atom. The summed E-state index contributed by atoms with van der Waals surface area (Å²) in [5, 5.41) is 8.87. The number of hydrogen-bond donors (Lipinski definition) is 1. The van der Waals surface area contributed by atoms with Gasteiger partial charge in [0, 0.05) is 19.6 Å². The Hall–Kier alpha value is -0.940. The largest absolute Gasteiger partial charge is 0.481 e. The van der Waals surface area contributed by atoms with E-state index in [-0.39, 0.29) is 11.7 Å². The third-order valence-corrected chi connectivity index (χ3v) is 3.08. The van der Waals surface area contributed by atoms with Gasteiger partial charge in [0.25, 0.3) is 0 Å². The van der Waals surface area contributed by atoms with E-state index in [0.29, 0.717) is 13.1 Å². The summed E-state index contributed by atoms with van der Waals surface area (Å²) in [5.74, 6) is -0.874. The molecule has 0 aromatic heterocycles. The van der Waals surface area contributed by atoms with Crippen molar-refractivity contribution in [2.24, 2.45) is 5.92 Å². The maximum absolute atomic E-state index is 11.0. The molecule has 5 heteroatoms. The molecule has 1 saturated heterocycles. The zero-order valence-electron chi connectivity index (χ0n) is 10.7. The molecule has 0 radical (unpaired) electrons. The molecule has 98 valence electrons. The number of Topliss-reactive ketones (excluding diaryl/α,β-unsaturated/α-hetero) is 1. The molecule has 1 aliphatic rings. The van der Waals surface area contributed by atoms with Crippen LogP contribution in [0.2, 0.25) is 0 Å². The van der Waals surface area contributed by atoms with Gasteiger partial charge in [-0.1, -0.05) is 6.92 Å². The number of carboxylic acid groups (broad SMARTS) is 1. The van der Waals surface area contributed by atoms with Crippen LogP contribution < -0.4 is 0 Å². The Morgan fingerprint density at radius 3 is 2.35 bits per heavy atom. The highest BCUT2D eigenvalue weighted by atomic mass is 16.4. The molecular formula is C12H22N2O3. The lowest BCUT2D eigenvalue weighted by Gasteiger charge is -2.22. The van der Waals surface area contributed by atoms with Crippen molar-refractivity contribution >= 4 is 11.8 Å². The van der Waals surface area contributed by atoms with E-state index in [1.165, 1.54) is 0 Å². The maximum atomic E-state index is 11.0. The second-order valence-corrected chi connectivity index (χ2v) is 4.87. The molecule has 1 atom stereocenters. The topological polar surface area (TPSA) is 60.9 Å². The smallest absolute Gasteiger partial charge is 0.307 e. The Bertz CT molecular complexity index is 281. The number of rotatable bonds is 5. The lowest BCUT2D eigenvalue weighted by Crippen LogP contribution is -2.36. The van der Waals surface area contributed by atoms with Gasteiger partial charge in [-0.3, -0.25) is 14.5 Å². The van der Waals surface area contributed by atoms with Crippen molar-refractivity contribution in [1.82, 2.24) is 9.80 Å². The van der Waals surface area contributed by atoms with E-state index >= 15 is 0 Å². The molecule has 1 unspecified atom stereocenters. The molecular weight excluding hydrogens is 220 g/mol. The van der Waals surface area contributed by atoms with E-state index in [0.717, 1.165) is 32.6 Å². The Balaban J connectivity index is 2.37. The molecule has 1 N–H and O–H groups in total. The molecule has 0 spiro atoms. The van der Waals surface area contributed by atoms with E-state index in [1.807, 2.05) is 0 Å². The molecule has 1 fully saturated rings. The normalized spacial score (nSPS) is 20.8. The van der Waals surface area contributed by atoms with Crippen LogP contribution in [0.5, 0.6) is 0 Å². The van der Waals surface area contributed by atoms with Crippen molar-refractivity contribution < 1.29 is 14.7 Å². The van der Waals surface area contributed by atoms with Gasteiger partial charge < -0.3 is 10.0 Å². The van der Waals surface area contributed by atoms with Crippen molar-refractivity contribution in [3.8, 4) is 0 Å².